The maximum Gasteiger partial charge on any atom is 0.341 e. The summed E-state index contributed by atoms with van der Waals surface area (Å²) in [6, 6.07) is 21.3. The zero-order valence-corrected chi connectivity index (χ0v) is 21.6. The lowest BCUT2D eigenvalue weighted by molar-refractivity contribution is -0.139. The Morgan fingerprint density at radius 1 is 1.06 bits per heavy atom. The van der Waals surface area contributed by atoms with Crippen LogP contribution in [-0.2, 0) is 9.53 Å². The Bertz CT molecular complexity index is 1240. The molecule has 4 rings (SSSR count). The molecule has 7 heteroatoms. The van der Waals surface area contributed by atoms with Crippen molar-refractivity contribution in [1.82, 2.24) is 0 Å². The SMILES string of the molecule is C=C(C)[C@H]1C[C@H](c2cccc(Cl)c2)[C@H](c2ccccc2)O[C@@H]1c1cc(OC)cc(Cl)c1OCC(=O)O. The summed E-state index contributed by atoms with van der Waals surface area (Å²) in [4.78, 5) is 11.3. The molecule has 0 spiro atoms. The van der Waals surface area contributed by atoms with Gasteiger partial charge in [0.1, 0.15) is 11.5 Å². The average molecular weight is 527 g/mol. The summed E-state index contributed by atoms with van der Waals surface area (Å²) >= 11 is 12.9. The van der Waals surface area contributed by atoms with Crippen LogP contribution in [0.15, 0.2) is 78.9 Å². The Hall–Kier alpha value is -2.99. The monoisotopic (exact) mass is 526 g/mol. The van der Waals surface area contributed by atoms with Gasteiger partial charge in [-0.3, -0.25) is 0 Å². The first kappa shape index (κ1) is 26.1. The molecule has 4 atom stereocenters. The normalized spacial score (nSPS) is 21.6. The molecule has 0 aromatic heterocycles. The van der Waals surface area contributed by atoms with Crippen molar-refractivity contribution < 1.29 is 24.1 Å². The van der Waals surface area contributed by atoms with Crippen LogP contribution in [0.3, 0.4) is 0 Å². The first-order chi connectivity index (χ1) is 17.3. The number of benzene rings is 3. The van der Waals surface area contributed by atoms with E-state index < -0.39 is 18.7 Å². The lowest BCUT2D eigenvalue weighted by Crippen LogP contribution is -2.32. The predicted molar refractivity (Wildman–Crippen MR) is 141 cm³/mol. The minimum atomic E-state index is -1.10. The van der Waals surface area contributed by atoms with Crippen molar-refractivity contribution in [3.05, 3.63) is 106 Å². The number of halogens is 2. The van der Waals surface area contributed by atoms with Gasteiger partial charge in [0.05, 0.1) is 24.3 Å². The molecule has 0 saturated carbocycles. The topological polar surface area (TPSA) is 65.0 Å². The number of methoxy groups -OCH3 is 1. The Balaban J connectivity index is 1.84. The molecule has 0 radical (unpaired) electrons. The molecule has 1 N–H and O–H groups in total. The summed E-state index contributed by atoms with van der Waals surface area (Å²) in [5.74, 6) is -0.408. The van der Waals surface area contributed by atoms with Crippen LogP contribution in [0.4, 0.5) is 0 Å². The molecule has 188 valence electrons. The molecule has 0 amide bonds. The van der Waals surface area contributed by atoms with E-state index in [-0.39, 0.29) is 28.7 Å². The Kier molecular flexibility index (Phi) is 8.24. The number of ether oxygens (including phenoxy) is 3. The van der Waals surface area contributed by atoms with Gasteiger partial charge in [0.25, 0.3) is 0 Å². The third-order valence-electron chi connectivity index (χ3n) is 6.50. The molecular formula is C29H28Cl2O5. The zero-order chi connectivity index (χ0) is 25.8. The van der Waals surface area contributed by atoms with Crippen LogP contribution in [0.1, 0.15) is 48.2 Å². The molecule has 1 aliphatic rings. The lowest BCUT2D eigenvalue weighted by Gasteiger charge is -2.43. The van der Waals surface area contributed by atoms with E-state index in [1.807, 2.05) is 55.5 Å². The summed E-state index contributed by atoms with van der Waals surface area (Å²) in [5.41, 5.74) is 3.66. The van der Waals surface area contributed by atoms with Crippen LogP contribution in [0, 0.1) is 5.92 Å². The number of carbonyl (C=O) groups is 1. The van der Waals surface area contributed by atoms with E-state index in [4.69, 9.17) is 37.4 Å². The van der Waals surface area contributed by atoms with Crippen LogP contribution in [-0.4, -0.2) is 24.8 Å². The summed E-state index contributed by atoms with van der Waals surface area (Å²) in [6.07, 6.45) is -0.0743. The highest BCUT2D eigenvalue weighted by molar-refractivity contribution is 6.32. The molecule has 0 unspecified atom stereocenters. The van der Waals surface area contributed by atoms with Gasteiger partial charge in [-0.2, -0.15) is 0 Å². The van der Waals surface area contributed by atoms with Crippen LogP contribution in [0.2, 0.25) is 10.0 Å². The number of aliphatic carboxylic acids is 1. The summed E-state index contributed by atoms with van der Waals surface area (Å²) in [6.45, 7) is 5.70. The summed E-state index contributed by atoms with van der Waals surface area (Å²) in [5, 5.41) is 10.1. The van der Waals surface area contributed by atoms with Crippen molar-refractivity contribution in [1.29, 1.82) is 0 Å². The molecular weight excluding hydrogens is 499 g/mol. The van der Waals surface area contributed by atoms with Crippen molar-refractivity contribution >= 4 is 29.2 Å². The van der Waals surface area contributed by atoms with Gasteiger partial charge in [-0.05, 0) is 42.7 Å². The van der Waals surface area contributed by atoms with Crippen LogP contribution >= 0.6 is 23.2 Å². The fraction of sp³-hybridized carbons (Fsp3) is 0.276. The third kappa shape index (κ3) is 5.70. The van der Waals surface area contributed by atoms with E-state index in [0.717, 1.165) is 23.1 Å². The highest BCUT2D eigenvalue weighted by Crippen LogP contribution is 2.54. The van der Waals surface area contributed by atoms with Crippen LogP contribution < -0.4 is 9.47 Å². The van der Waals surface area contributed by atoms with Crippen LogP contribution in [0.5, 0.6) is 11.5 Å². The summed E-state index contributed by atoms with van der Waals surface area (Å²) in [7, 11) is 1.55. The second-order valence-corrected chi connectivity index (χ2v) is 9.79. The van der Waals surface area contributed by atoms with Crippen molar-refractivity contribution in [3.63, 3.8) is 0 Å². The molecule has 3 aromatic carbocycles. The quantitative estimate of drug-likeness (QED) is 0.305. The number of hydrogen-bond donors (Lipinski definition) is 1. The Morgan fingerprint density at radius 2 is 1.78 bits per heavy atom. The number of hydrogen-bond acceptors (Lipinski definition) is 4. The first-order valence-corrected chi connectivity index (χ1v) is 12.4. The molecule has 1 heterocycles. The molecule has 5 nitrogen and oxygen atoms in total. The smallest absolute Gasteiger partial charge is 0.341 e. The lowest BCUT2D eigenvalue weighted by atomic mass is 9.74. The van der Waals surface area contributed by atoms with E-state index in [0.29, 0.717) is 16.3 Å². The summed E-state index contributed by atoms with van der Waals surface area (Å²) < 4.78 is 18.0. The van der Waals surface area contributed by atoms with Crippen LogP contribution in [0.25, 0.3) is 0 Å². The second kappa shape index (κ2) is 11.4. The molecule has 0 bridgehead atoms. The van der Waals surface area contributed by atoms with Crippen molar-refractivity contribution in [2.24, 2.45) is 5.92 Å². The highest BCUT2D eigenvalue weighted by atomic mass is 35.5. The second-order valence-electron chi connectivity index (χ2n) is 8.95. The van der Waals surface area contributed by atoms with E-state index >= 15 is 0 Å². The molecule has 1 aliphatic heterocycles. The molecule has 3 aromatic rings. The van der Waals surface area contributed by atoms with Gasteiger partial charge in [-0.1, -0.05) is 77.8 Å². The molecule has 0 aliphatic carbocycles. The Morgan fingerprint density at radius 3 is 2.42 bits per heavy atom. The van der Waals surface area contributed by atoms with Gasteiger partial charge < -0.3 is 19.3 Å². The fourth-order valence-electron chi connectivity index (χ4n) is 4.82. The Labute approximate surface area is 221 Å². The van der Waals surface area contributed by atoms with Crippen molar-refractivity contribution in [2.45, 2.75) is 31.5 Å². The first-order valence-electron chi connectivity index (χ1n) is 11.6. The zero-order valence-electron chi connectivity index (χ0n) is 20.1. The van der Waals surface area contributed by atoms with Crippen molar-refractivity contribution in [2.75, 3.05) is 13.7 Å². The maximum absolute atomic E-state index is 11.3. The minimum absolute atomic E-state index is 0.00789. The van der Waals surface area contributed by atoms with Gasteiger partial charge >= 0.3 is 5.97 Å². The van der Waals surface area contributed by atoms with E-state index in [1.165, 1.54) is 0 Å². The minimum Gasteiger partial charge on any atom is -0.497 e. The third-order valence-corrected chi connectivity index (χ3v) is 7.01. The maximum atomic E-state index is 11.3. The number of rotatable bonds is 8. The number of carboxylic acid groups (broad SMARTS) is 1. The van der Waals surface area contributed by atoms with E-state index in [1.54, 1.807) is 19.2 Å². The standard InChI is InChI=1S/C29H28Cl2O5/c1-17(2)22-15-23(19-10-7-11-20(30)12-19)27(18-8-5-4-6-9-18)36-28(22)24-13-21(34-3)14-25(31)29(24)35-16-26(32)33/h4-14,22-23,27-28H,1,15-16H2,2-3H3,(H,32,33)/t22-,23-,27+,28+/m1/s1. The molecule has 36 heavy (non-hydrogen) atoms. The molecule has 1 fully saturated rings. The number of carboxylic acids is 1. The van der Waals surface area contributed by atoms with E-state index in [9.17, 15) is 9.90 Å². The van der Waals surface area contributed by atoms with E-state index in [2.05, 4.69) is 12.6 Å². The van der Waals surface area contributed by atoms with Crippen molar-refractivity contribution in [3.8, 4) is 11.5 Å². The van der Waals surface area contributed by atoms with Gasteiger partial charge in [-0.15, -0.1) is 0 Å². The van der Waals surface area contributed by atoms with Gasteiger partial charge in [0, 0.05) is 28.5 Å². The highest BCUT2D eigenvalue weighted by Gasteiger charge is 2.42. The average Bonchev–Trinajstić information content (AvgIpc) is 2.87. The largest absolute Gasteiger partial charge is 0.497 e. The fourth-order valence-corrected chi connectivity index (χ4v) is 5.29. The van der Waals surface area contributed by atoms with Gasteiger partial charge in [0.15, 0.2) is 6.61 Å². The van der Waals surface area contributed by atoms with Gasteiger partial charge in [0.2, 0.25) is 0 Å². The predicted octanol–water partition coefficient (Wildman–Crippen LogP) is 7.64. The molecule has 1 saturated heterocycles. The van der Waals surface area contributed by atoms with Gasteiger partial charge in [-0.25, -0.2) is 4.79 Å².